The second-order valence-corrected chi connectivity index (χ2v) is 8.46. The summed E-state index contributed by atoms with van der Waals surface area (Å²) in [4.78, 5) is 37.0. The van der Waals surface area contributed by atoms with Crippen molar-refractivity contribution in [3.05, 3.63) is 60.2 Å². The summed E-state index contributed by atoms with van der Waals surface area (Å²) in [6, 6.07) is 16.1. The Morgan fingerprint density at radius 3 is 2.43 bits per heavy atom. The fourth-order valence-electron chi connectivity index (χ4n) is 2.29. The fourth-order valence-corrected chi connectivity index (χ4v) is 3.08. The molecule has 0 heterocycles. The highest BCUT2D eigenvalue weighted by molar-refractivity contribution is 7.99. The highest BCUT2D eigenvalue weighted by atomic mass is 32.2. The SMILES string of the molecule is CC(C)(C)OC(=O)Nc1cccc(C(=O)OCC(=O)NCCSc2ccccc2)c1. The van der Waals surface area contributed by atoms with Gasteiger partial charge in [0.15, 0.2) is 6.61 Å². The topological polar surface area (TPSA) is 93.7 Å². The lowest BCUT2D eigenvalue weighted by Gasteiger charge is -2.19. The van der Waals surface area contributed by atoms with E-state index in [1.807, 2.05) is 30.3 Å². The van der Waals surface area contributed by atoms with Gasteiger partial charge in [0.2, 0.25) is 0 Å². The fraction of sp³-hybridized carbons (Fsp3) is 0.318. The summed E-state index contributed by atoms with van der Waals surface area (Å²) in [5.41, 5.74) is -0.0230. The Hall–Kier alpha value is -3.00. The van der Waals surface area contributed by atoms with Gasteiger partial charge in [-0.3, -0.25) is 10.1 Å². The van der Waals surface area contributed by atoms with Crippen molar-refractivity contribution in [2.75, 3.05) is 24.2 Å². The Morgan fingerprint density at radius 1 is 1.00 bits per heavy atom. The Bertz CT molecular complexity index is 865. The Kier molecular flexibility index (Phi) is 8.73. The van der Waals surface area contributed by atoms with Crippen molar-refractivity contribution in [3.8, 4) is 0 Å². The van der Waals surface area contributed by atoms with E-state index in [1.54, 1.807) is 44.7 Å². The van der Waals surface area contributed by atoms with Crippen LogP contribution in [0.15, 0.2) is 59.5 Å². The third kappa shape index (κ3) is 9.00. The maximum absolute atomic E-state index is 12.2. The molecule has 0 aliphatic heterocycles. The second-order valence-electron chi connectivity index (χ2n) is 7.30. The smallest absolute Gasteiger partial charge is 0.412 e. The molecule has 8 heteroatoms. The highest BCUT2D eigenvalue weighted by Crippen LogP contribution is 2.16. The Balaban J connectivity index is 1.73. The number of nitrogens with one attached hydrogen (secondary N) is 2. The molecule has 0 radical (unpaired) electrons. The minimum Gasteiger partial charge on any atom is -0.452 e. The van der Waals surface area contributed by atoms with Crippen LogP contribution in [0.25, 0.3) is 0 Å². The van der Waals surface area contributed by atoms with Crippen LogP contribution in [0.4, 0.5) is 10.5 Å². The van der Waals surface area contributed by atoms with Crippen LogP contribution < -0.4 is 10.6 Å². The molecular weight excluding hydrogens is 404 g/mol. The number of carbonyl (C=O) groups excluding carboxylic acids is 3. The third-order valence-corrected chi connectivity index (χ3v) is 4.53. The van der Waals surface area contributed by atoms with Gasteiger partial charge in [0.25, 0.3) is 5.91 Å². The molecule has 30 heavy (non-hydrogen) atoms. The van der Waals surface area contributed by atoms with Gasteiger partial charge < -0.3 is 14.8 Å². The zero-order chi connectivity index (χ0) is 22.0. The van der Waals surface area contributed by atoms with E-state index in [9.17, 15) is 14.4 Å². The van der Waals surface area contributed by atoms with E-state index in [0.29, 0.717) is 18.0 Å². The van der Waals surface area contributed by atoms with Crippen LogP contribution in [0.5, 0.6) is 0 Å². The first-order valence-corrected chi connectivity index (χ1v) is 10.4. The number of amides is 2. The van der Waals surface area contributed by atoms with E-state index in [0.717, 1.165) is 4.90 Å². The average Bonchev–Trinajstić information content (AvgIpc) is 2.69. The number of thioether (sulfide) groups is 1. The van der Waals surface area contributed by atoms with E-state index < -0.39 is 17.7 Å². The van der Waals surface area contributed by atoms with E-state index in [-0.39, 0.29) is 18.1 Å². The van der Waals surface area contributed by atoms with Gasteiger partial charge in [-0.2, -0.15) is 0 Å². The number of benzene rings is 2. The van der Waals surface area contributed by atoms with E-state index in [1.165, 1.54) is 12.1 Å². The van der Waals surface area contributed by atoms with Gasteiger partial charge in [0.05, 0.1) is 5.56 Å². The van der Waals surface area contributed by atoms with Crippen molar-refractivity contribution in [1.82, 2.24) is 5.32 Å². The van der Waals surface area contributed by atoms with Gasteiger partial charge in [0.1, 0.15) is 5.60 Å². The van der Waals surface area contributed by atoms with E-state index >= 15 is 0 Å². The molecule has 0 saturated carbocycles. The Labute approximate surface area is 180 Å². The summed E-state index contributed by atoms with van der Waals surface area (Å²) < 4.78 is 10.2. The predicted molar refractivity (Wildman–Crippen MR) is 117 cm³/mol. The normalized spacial score (nSPS) is 10.8. The number of esters is 1. The van der Waals surface area contributed by atoms with Crippen LogP contribution in [0.1, 0.15) is 31.1 Å². The van der Waals surface area contributed by atoms with Crippen LogP contribution in [-0.4, -0.2) is 42.5 Å². The molecule has 0 atom stereocenters. The summed E-state index contributed by atoms with van der Waals surface area (Å²) in [5.74, 6) is -0.320. The zero-order valence-corrected chi connectivity index (χ0v) is 18.1. The maximum atomic E-state index is 12.2. The lowest BCUT2D eigenvalue weighted by molar-refractivity contribution is -0.124. The Morgan fingerprint density at radius 2 is 1.73 bits per heavy atom. The summed E-state index contributed by atoms with van der Waals surface area (Å²) in [6.45, 7) is 5.35. The standard InChI is InChI=1S/C22H26N2O5S/c1-22(2,3)29-21(27)24-17-9-7-8-16(14-17)20(26)28-15-19(25)23-12-13-30-18-10-5-4-6-11-18/h4-11,14H,12-13,15H2,1-3H3,(H,23,25)(H,24,27). The summed E-state index contributed by atoms with van der Waals surface area (Å²) in [6.07, 6.45) is -0.624. The van der Waals surface area contributed by atoms with Crippen molar-refractivity contribution in [3.63, 3.8) is 0 Å². The minimum atomic E-state index is -0.656. The summed E-state index contributed by atoms with van der Waals surface area (Å²) in [7, 11) is 0. The predicted octanol–water partition coefficient (Wildman–Crippen LogP) is 4.10. The van der Waals surface area contributed by atoms with Crippen LogP contribution in [-0.2, 0) is 14.3 Å². The zero-order valence-electron chi connectivity index (χ0n) is 17.3. The van der Waals surface area contributed by atoms with Crippen LogP contribution in [0, 0.1) is 0 Å². The molecule has 2 N–H and O–H groups in total. The molecule has 0 spiro atoms. The number of ether oxygens (including phenoxy) is 2. The van der Waals surface area contributed by atoms with Crippen molar-refractivity contribution in [2.45, 2.75) is 31.3 Å². The molecule has 2 amide bonds. The number of hydrogen-bond donors (Lipinski definition) is 2. The summed E-state index contributed by atoms with van der Waals surface area (Å²) in [5, 5.41) is 5.26. The molecule has 0 bridgehead atoms. The van der Waals surface area contributed by atoms with Gasteiger partial charge in [-0.05, 0) is 51.1 Å². The third-order valence-electron chi connectivity index (χ3n) is 3.51. The molecule has 0 aromatic heterocycles. The molecule has 0 unspecified atom stereocenters. The lowest BCUT2D eigenvalue weighted by atomic mass is 10.2. The lowest BCUT2D eigenvalue weighted by Crippen LogP contribution is -2.30. The van der Waals surface area contributed by atoms with Crippen LogP contribution >= 0.6 is 11.8 Å². The monoisotopic (exact) mass is 430 g/mol. The van der Waals surface area contributed by atoms with Gasteiger partial charge >= 0.3 is 12.1 Å². The summed E-state index contributed by atoms with van der Waals surface area (Å²) >= 11 is 1.63. The first-order chi connectivity index (χ1) is 14.2. The molecule has 0 fully saturated rings. The molecule has 2 rings (SSSR count). The molecule has 7 nitrogen and oxygen atoms in total. The number of carbonyl (C=O) groups is 3. The van der Waals surface area contributed by atoms with Gasteiger partial charge in [-0.15, -0.1) is 11.8 Å². The van der Waals surface area contributed by atoms with Gasteiger partial charge in [-0.25, -0.2) is 9.59 Å². The molecule has 160 valence electrons. The molecule has 2 aromatic carbocycles. The van der Waals surface area contributed by atoms with Crippen LogP contribution in [0.3, 0.4) is 0 Å². The van der Waals surface area contributed by atoms with Crippen molar-refractivity contribution < 1.29 is 23.9 Å². The quantitative estimate of drug-likeness (QED) is 0.372. The first kappa shape index (κ1) is 23.3. The molecule has 0 aliphatic carbocycles. The molecule has 0 saturated heterocycles. The number of anilines is 1. The van der Waals surface area contributed by atoms with Gasteiger partial charge in [-0.1, -0.05) is 24.3 Å². The first-order valence-electron chi connectivity index (χ1n) is 9.45. The highest BCUT2D eigenvalue weighted by Gasteiger charge is 2.17. The van der Waals surface area contributed by atoms with E-state index in [4.69, 9.17) is 9.47 Å². The molecular formula is C22H26N2O5S. The van der Waals surface area contributed by atoms with Crippen molar-refractivity contribution >= 4 is 35.4 Å². The maximum Gasteiger partial charge on any atom is 0.412 e. The largest absolute Gasteiger partial charge is 0.452 e. The number of rotatable bonds is 8. The van der Waals surface area contributed by atoms with Gasteiger partial charge in [0, 0.05) is 22.9 Å². The van der Waals surface area contributed by atoms with Crippen molar-refractivity contribution in [1.29, 1.82) is 0 Å². The average molecular weight is 431 g/mol. The number of hydrogen-bond acceptors (Lipinski definition) is 6. The minimum absolute atomic E-state index is 0.219. The van der Waals surface area contributed by atoms with Crippen molar-refractivity contribution in [2.24, 2.45) is 0 Å². The molecule has 0 aliphatic rings. The second kappa shape index (κ2) is 11.3. The molecule has 2 aromatic rings. The van der Waals surface area contributed by atoms with E-state index in [2.05, 4.69) is 10.6 Å². The van der Waals surface area contributed by atoms with Crippen LogP contribution in [0.2, 0.25) is 0 Å².